The van der Waals surface area contributed by atoms with Gasteiger partial charge in [0, 0.05) is 14.1 Å². The maximum absolute atomic E-state index is 13.1. The third-order valence-electron chi connectivity index (χ3n) is 2.94. The molecule has 1 rings (SSSR count). The third kappa shape index (κ3) is 5.48. The molecule has 0 unspecified atom stereocenters. The molecule has 1 atom stereocenters. The molecule has 0 radical (unpaired) electrons. The van der Waals surface area contributed by atoms with Gasteiger partial charge in [0.1, 0.15) is 5.78 Å². The Bertz CT molecular complexity index is 681. The SMILES string of the molecule is [2H]c1c([2H])c(C)c([2H])c(C([2H])([2H])[C@H](CC(C)(C)C)C(=O)C(C)(C)C)c1[2H]. The van der Waals surface area contributed by atoms with Gasteiger partial charge in [-0.3, -0.25) is 4.79 Å². The Labute approximate surface area is 133 Å². The van der Waals surface area contributed by atoms with E-state index in [2.05, 4.69) is 0 Å². The van der Waals surface area contributed by atoms with Gasteiger partial charge in [-0.1, -0.05) is 71.3 Å². The Morgan fingerprint density at radius 3 is 2.35 bits per heavy atom. The molecule has 1 aromatic rings. The predicted octanol–water partition coefficient (Wildman–Crippen LogP) is 5.21. The summed E-state index contributed by atoms with van der Waals surface area (Å²) in [6, 6.07) is -1.39. The average molecular weight is 280 g/mol. The second kappa shape index (κ2) is 6.11. The van der Waals surface area contributed by atoms with E-state index in [1.807, 2.05) is 20.8 Å². The molecule has 1 aromatic carbocycles. The van der Waals surface area contributed by atoms with Crippen LogP contribution in [0.15, 0.2) is 24.2 Å². The minimum absolute atomic E-state index is 0.155. The second-order valence-electron chi connectivity index (χ2n) is 7.58. The van der Waals surface area contributed by atoms with Crippen molar-refractivity contribution >= 4 is 5.78 Å². The highest BCUT2D eigenvalue weighted by molar-refractivity contribution is 5.86. The van der Waals surface area contributed by atoms with E-state index in [9.17, 15) is 4.79 Å². The molecule has 1 nitrogen and oxygen atoms in total. The maximum atomic E-state index is 13.1. The highest BCUT2D eigenvalue weighted by Crippen LogP contribution is 2.32. The van der Waals surface area contributed by atoms with Gasteiger partial charge in [0.15, 0.2) is 0 Å². The van der Waals surface area contributed by atoms with Gasteiger partial charge in [0.25, 0.3) is 0 Å². The molecule has 20 heavy (non-hydrogen) atoms. The quantitative estimate of drug-likeness (QED) is 0.740. The first kappa shape index (κ1) is 9.76. The van der Waals surface area contributed by atoms with Crippen molar-refractivity contribution in [2.75, 3.05) is 0 Å². The van der Waals surface area contributed by atoms with Crippen molar-refractivity contribution in [2.24, 2.45) is 16.7 Å². The number of Topliss-reactive ketones (excluding diaryl/α,β-unsaturated/α-hetero) is 1. The van der Waals surface area contributed by atoms with E-state index in [4.69, 9.17) is 8.22 Å². The number of benzene rings is 1. The highest BCUT2D eigenvalue weighted by Gasteiger charge is 2.32. The predicted molar refractivity (Wildman–Crippen MR) is 86.9 cm³/mol. The van der Waals surface area contributed by atoms with Crippen LogP contribution in [0.2, 0.25) is 0 Å². The van der Waals surface area contributed by atoms with Crippen LogP contribution in [0.5, 0.6) is 0 Å². The number of hydrogen-bond acceptors (Lipinski definition) is 1. The van der Waals surface area contributed by atoms with E-state index in [0.717, 1.165) is 0 Å². The molecule has 0 fully saturated rings. The lowest BCUT2D eigenvalue weighted by molar-refractivity contribution is -0.131. The summed E-state index contributed by atoms with van der Waals surface area (Å²) in [7, 11) is 0. The molecule has 0 spiro atoms. The molecule has 0 aliphatic heterocycles. The Morgan fingerprint density at radius 2 is 1.85 bits per heavy atom. The van der Waals surface area contributed by atoms with E-state index >= 15 is 0 Å². The van der Waals surface area contributed by atoms with Gasteiger partial charge in [-0.25, -0.2) is 0 Å². The fourth-order valence-electron chi connectivity index (χ4n) is 2.03. The third-order valence-corrected chi connectivity index (χ3v) is 2.94. The second-order valence-corrected chi connectivity index (χ2v) is 7.58. The first-order valence-electron chi connectivity index (χ1n) is 10.0. The largest absolute Gasteiger partial charge is 0.299 e. The smallest absolute Gasteiger partial charge is 0.141 e. The molecule has 0 N–H and O–H groups in total. The molecule has 0 aliphatic rings. The first-order valence-corrected chi connectivity index (χ1v) is 7.04. The lowest BCUT2D eigenvalue weighted by Crippen LogP contribution is -2.32. The Kier molecular flexibility index (Phi) is 2.98. The Hall–Kier alpha value is -1.11. The minimum Gasteiger partial charge on any atom is -0.299 e. The normalized spacial score (nSPS) is 19.1. The van der Waals surface area contributed by atoms with Crippen molar-refractivity contribution in [3.63, 3.8) is 0 Å². The van der Waals surface area contributed by atoms with E-state index in [1.165, 1.54) is 6.92 Å². The topological polar surface area (TPSA) is 17.1 Å². The summed E-state index contributed by atoms with van der Waals surface area (Å²) in [4.78, 5) is 13.1. The molecule has 112 valence electrons. The lowest BCUT2D eigenvalue weighted by atomic mass is 9.73. The molecular weight excluding hydrogens is 244 g/mol. The fraction of sp³-hybridized carbons (Fsp3) is 0.632. The molecule has 0 heterocycles. The van der Waals surface area contributed by atoms with Gasteiger partial charge < -0.3 is 0 Å². The standard InChI is InChI=1S/C19H30O/c1-14-9-8-10-15(11-14)12-16(13-18(2,3)4)17(20)19(5,6)7/h8-11,16H,12-13H2,1-7H3/t16-/m1/s1/i8D,9D,10D,11D,12D2. The number of rotatable bonds is 4. The summed E-state index contributed by atoms with van der Waals surface area (Å²) in [5, 5.41) is 0. The number of hydrogen-bond donors (Lipinski definition) is 0. The van der Waals surface area contributed by atoms with E-state index in [-0.39, 0.29) is 40.8 Å². The van der Waals surface area contributed by atoms with Crippen molar-refractivity contribution < 1.29 is 13.0 Å². The average Bonchev–Trinajstić information content (AvgIpc) is 2.46. The van der Waals surface area contributed by atoms with Crippen molar-refractivity contribution in [3.05, 3.63) is 35.3 Å². The van der Waals surface area contributed by atoms with Gasteiger partial charge in [-0.05, 0) is 30.7 Å². The van der Waals surface area contributed by atoms with Crippen LogP contribution in [0.3, 0.4) is 0 Å². The Morgan fingerprint density at radius 1 is 1.25 bits per heavy atom. The molecule has 0 saturated heterocycles. The summed E-state index contributed by atoms with van der Waals surface area (Å²) in [6.45, 7) is 12.4. The highest BCUT2D eigenvalue weighted by atomic mass is 16.1. The number of carbonyl (C=O) groups is 1. The van der Waals surface area contributed by atoms with Crippen LogP contribution >= 0.6 is 0 Å². The van der Waals surface area contributed by atoms with Crippen LogP contribution in [-0.2, 0) is 11.2 Å². The van der Waals surface area contributed by atoms with Crippen LogP contribution < -0.4 is 0 Å². The lowest BCUT2D eigenvalue weighted by Gasteiger charge is -2.30. The zero-order valence-corrected chi connectivity index (χ0v) is 13.7. The van der Waals surface area contributed by atoms with E-state index < -0.39 is 29.8 Å². The van der Waals surface area contributed by atoms with Crippen molar-refractivity contribution in [1.82, 2.24) is 0 Å². The molecule has 0 bridgehead atoms. The Balaban J connectivity index is 3.73. The van der Waals surface area contributed by atoms with Crippen LogP contribution in [0.4, 0.5) is 0 Å². The maximum Gasteiger partial charge on any atom is 0.141 e. The zero-order valence-electron chi connectivity index (χ0n) is 19.7. The molecule has 0 aliphatic carbocycles. The van der Waals surface area contributed by atoms with E-state index in [0.29, 0.717) is 0 Å². The summed E-state index contributed by atoms with van der Waals surface area (Å²) in [6.07, 6.45) is -2.02. The van der Waals surface area contributed by atoms with Crippen LogP contribution in [0.1, 0.15) is 67.3 Å². The molecule has 1 heteroatoms. The first-order chi connectivity index (χ1) is 11.4. The van der Waals surface area contributed by atoms with Crippen molar-refractivity contribution in [3.8, 4) is 0 Å². The molecular formula is C19H30O. The summed E-state index contributed by atoms with van der Waals surface area (Å²) in [5.74, 6) is -1.32. The van der Waals surface area contributed by atoms with E-state index in [1.54, 1.807) is 20.8 Å². The van der Waals surface area contributed by atoms with Gasteiger partial charge in [0.2, 0.25) is 0 Å². The minimum atomic E-state index is -2.28. The summed E-state index contributed by atoms with van der Waals surface area (Å²) < 4.78 is 49.7. The van der Waals surface area contributed by atoms with Crippen LogP contribution in [0, 0.1) is 23.7 Å². The number of carbonyl (C=O) groups excluding carboxylic acids is 1. The van der Waals surface area contributed by atoms with Crippen LogP contribution in [0.25, 0.3) is 0 Å². The molecule has 0 amide bonds. The fourth-order valence-corrected chi connectivity index (χ4v) is 2.03. The van der Waals surface area contributed by atoms with Gasteiger partial charge in [-0.2, -0.15) is 0 Å². The van der Waals surface area contributed by atoms with Crippen LogP contribution in [-0.4, -0.2) is 5.78 Å². The summed E-state index contributed by atoms with van der Waals surface area (Å²) in [5.41, 5.74) is -1.22. The zero-order chi connectivity index (χ0) is 20.8. The molecule has 0 saturated carbocycles. The van der Waals surface area contributed by atoms with Crippen molar-refractivity contribution in [2.45, 2.75) is 61.3 Å². The monoisotopic (exact) mass is 280 g/mol. The molecule has 0 aromatic heterocycles. The summed E-state index contributed by atoms with van der Waals surface area (Å²) >= 11 is 0. The van der Waals surface area contributed by atoms with Gasteiger partial charge in [0.05, 0.1) is 5.48 Å². The van der Waals surface area contributed by atoms with Gasteiger partial charge in [-0.15, -0.1) is 0 Å². The van der Waals surface area contributed by atoms with Gasteiger partial charge >= 0.3 is 0 Å². The number of ketones is 1. The van der Waals surface area contributed by atoms with Crippen molar-refractivity contribution in [1.29, 1.82) is 0 Å².